The van der Waals surface area contributed by atoms with Gasteiger partial charge < -0.3 is 5.32 Å². The van der Waals surface area contributed by atoms with Crippen molar-refractivity contribution in [2.24, 2.45) is 0 Å². The summed E-state index contributed by atoms with van der Waals surface area (Å²) in [6.07, 6.45) is 4.78. The van der Waals surface area contributed by atoms with Gasteiger partial charge in [-0.3, -0.25) is 9.10 Å². The van der Waals surface area contributed by atoms with E-state index in [1.54, 1.807) is 0 Å². The Balaban J connectivity index is 2.30. The minimum Gasteiger partial charge on any atom is -0.324 e. The minimum absolute atomic E-state index is 0.333. The predicted molar refractivity (Wildman–Crippen MR) is 121 cm³/mol. The third-order valence-corrected chi connectivity index (χ3v) is 6.14. The van der Waals surface area contributed by atoms with Crippen molar-refractivity contribution in [2.75, 3.05) is 15.9 Å². The summed E-state index contributed by atoms with van der Waals surface area (Å²) in [6, 6.07) is 12.6. The Morgan fingerprint density at radius 3 is 2.28 bits per heavy atom. The smallest absolute Gasteiger partial charge is 0.248 e. The van der Waals surface area contributed by atoms with E-state index in [9.17, 15) is 13.2 Å². The summed E-state index contributed by atoms with van der Waals surface area (Å²) in [5.74, 6) is -0.333. The number of unbranched alkanes of at least 4 members (excludes halogenated alkanes) is 1. The largest absolute Gasteiger partial charge is 0.324 e. The molecule has 0 spiro atoms. The molecule has 0 aliphatic heterocycles. The highest BCUT2D eigenvalue weighted by molar-refractivity contribution is 7.92. The fourth-order valence-corrected chi connectivity index (χ4v) is 4.61. The van der Waals surface area contributed by atoms with Crippen LogP contribution in [0.2, 0.25) is 0 Å². The van der Waals surface area contributed by atoms with Crippen LogP contribution in [0.25, 0.3) is 0 Å². The van der Waals surface area contributed by atoms with Crippen LogP contribution < -0.4 is 9.62 Å². The minimum atomic E-state index is -3.65. The van der Waals surface area contributed by atoms with E-state index in [1.807, 2.05) is 63.2 Å². The molecule has 0 fully saturated rings. The summed E-state index contributed by atoms with van der Waals surface area (Å²) in [5.41, 5.74) is 4.20. The van der Waals surface area contributed by atoms with E-state index in [4.69, 9.17) is 0 Å². The lowest BCUT2D eigenvalue weighted by Gasteiger charge is -2.31. The number of hydrogen-bond donors (Lipinski definition) is 1. The molecule has 0 aromatic heterocycles. The maximum atomic E-state index is 13.0. The lowest BCUT2D eigenvalue weighted by Crippen LogP contribution is -2.47. The van der Waals surface area contributed by atoms with Crippen LogP contribution in [-0.2, 0) is 21.2 Å². The molecule has 0 aliphatic carbocycles. The van der Waals surface area contributed by atoms with E-state index >= 15 is 0 Å². The summed E-state index contributed by atoms with van der Waals surface area (Å²) in [7, 11) is -3.65. The van der Waals surface area contributed by atoms with Gasteiger partial charge in [0.05, 0.1) is 11.9 Å². The third-order valence-electron chi connectivity index (χ3n) is 4.97. The van der Waals surface area contributed by atoms with Gasteiger partial charge in [0.1, 0.15) is 6.04 Å². The zero-order valence-corrected chi connectivity index (χ0v) is 18.8. The van der Waals surface area contributed by atoms with Gasteiger partial charge in [-0.15, -0.1) is 0 Å². The number of anilines is 2. The topological polar surface area (TPSA) is 66.5 Å². The maximum absolute atomic E-state index is 13.0. The van der Waals surface area contributed by atoms with Crippen molar-refractivity contribution in [1.29, 1.82) is 0 Å². The lowest BCUT2D eigenvalue weighted by atomic mass is 10.1. The van der Waals surface area contributed by atoms with Gasteiger partial charge in [0.2, 0.25) is 15.9 Å². The quantitative estimate of drug-likeness (QED) is 0.637. The van der Waals surface area contributed by atoms with Crippen LogP contribution in [0.15, 0.2) is 42.5 Å². The standard InChI is InChI=1S/C23H32N2O3S/c1-6-8-9-19-12-14-20(15-13-19)24-23(26)21(7-2)25(29(5,27)28)22-16-17(3)10-11-18(22)4/h10-16,21H,6-9H2,1-5H3,(H,24,26). The molecule has 0 saturated heterocycles. The van der Waals surface area contributed by atoms with Crippen molar-refractivity contribution in [2.45, 2.75) is 59.4 Å². The van der Waals surface area contributed by atoms with Crippen molar-refractivity contribution in [3.63, 3.8) is 0 Å². The van der Waals surface area contributed by atoms with Gasteiger partial charge in [-0.25, -0.2) is 8.42 Å². The molecule has 1 amide bonds. The number of hydrogen-bond acceptors (Lipinski definition) is 3. The van der Waals surface area contributed by atoms with Crippen molar-refractivity contribution in [3.8, 4) is 0 Å². The molecular weight excluding hydrogens is 384 g/mol. The predicted octanol–water partition coefficient (Wildman–Crippen LogP) is 4.83. The zero-order chi connectivity index (χ0) is 21.6. The second kappa shape index (κ2) is 9.92. The summed E-state index contributed by atoms with van der Waals surface area (Å²) >= 11 is 0. The molecular formula is C23H32N2O3S. The van der Waals surface area contributed by atoms with Gasteiger partial charge >= 0.3 is 0 Å². The van der Waals surface area contributed by atoms with E-state index in [0.29, 0.717) is 17.8 Å². The van der Waals surface area contributed by atoms with Gasteiger partial charge in [-0.05, 0) is 68.0 Å². The average Bonchev–Trinajstić information content (AvgIpc) is 2.66. The molecule has 2 aromatic carbocycles. The number of sulfonamides is 1. The van der Waals surface area contributed by atoms with Crippen LogP contribution in [0.5, 0.6) is 0 Å². The van der Waals surface area contributed by atoms with Crippen molar-refractivity contribution >= 4 is 27.3 Å². The molecule has 158 valence electrons. The van der Waals surface area contributed by atoms with Crippen LogP contribution >= 0.6 is 0 Å². The molecule has 2 aromatic rings. The molecule has 0 bridgehead atoms. The fourth-order valence-electron chi connectivity index (χ4n) is 3.35. The van der Waals surface area contributed by atoms with Gasteiger partial charge in [0.25, 0.3) is 0 Å². The number of nitrogens with one attached hydrogen (secondary N) is 1. The Hall–Kier alpha value is -2.34. The zero-order valence-electron chi connectivity index (χ0n) is 18.0. The summed E-state index contributed by atoms with van der Waals surface area (Å²) < 4.78 is 26.5. The molecule has 0 aliphatic rings. The van der Waals surface area contributed by atoms with E-state index in [2.05, 4.69) is 12.2 Å². The molecule has 29 heavy (non-hydrogen) atoms. The second-order valence-corrected chi connectivity index (χ2v) is 9.42. The average molecular weight is 417 g/mol. The van der Waals surface area contributed by atoms with E-state index < -0.39 is 16.1 Å². The van der Waals surface area contributed by atoms with Crippen LogP contribution in [0.4, 0.5) is 11.4 Å². The first-order valence-electron chi connectivity index (χ1n) is 10.1. The molecule has 0 radical (unpaired) electrons. The van der Waals surface area contributed by atoms with E-state index in [-0.39, 0.29) is 5.91 Å². The molecule has 1 atom stereocenters. The first-order valence-corrected chi connectivity index (χ1v) is 12.0. The molecule has 5 nitrogen and oxygen atoms in total. The van der Waals surface area contributed by atoms with E-state index in [1.165, 1.54) is 9.87 Å². The van der Waals surface area contributed by atoms with Crippen molar-refractivity contribution in [3.05, 3.63) is 59.2 Å². The van der Waals surface area contributed by atoms with Crippen LogP contribution in [0, 0.1) is 13.8 Å². The van der Waals surface area contributed by atoms with Gasteiger partial charge in [0.15, 0.2) is 0 Å². The van der Waals surface area contributed by atoms with Crippen molar-refractivity contribution < 1.29 is 13.2 Å². The summed E-state index contributed by atoms with van der Waals surface area (Å²) in [5, 5.41) is 2.89. The highest BCUT2D eigenvalue weighted by Crippen LogP contribution is 2.28. The van der Waals surface area contributed by atoms with Gasteiger partial charge in [-0.1, -0.05) is 44.5 Å². The molecule has 0 saturated carbocycles. The number of nitrogens with zero attached hydrogens (tertiary/aromatic N) is 1. The summed E-state index contributed by atoms with van der Waals surface area (Å²) in [6.45, 7) is 7.74. The second-order valence-electron chi connectivity index (χ2n) is 7.56. The normalized spacial score (nSPS) is 12.4. The lowest BCUT2D eigenvalue weighted by molar-refractivity contribution is -0.117. The van der Waals surface area contributed by atoms with Gasteiger partial charge in [0, 0.05) is 5.69 Å². The summed E-state index contributed by atoms with van der Waals surface area (Å²) in [4.78, 5) is 13.0. The molecule has 1 N–H and O–H groups in total. The molecule has 0 heterocycles. The number of amides is 1. The molecule has 2 rings (SSSR count). The fraction of sp³-hybridized carbons (Fsp3) is 0.435. The van der Waals surface area contributed by atoms with Crippen LogP contribution in [0.3, 0.4) is 0 Å². The highest BCUT2D eigenvalue weighted by Gasteiger charge is 2.32. The Labute approximate surface area is 175 Å². The Bertz CT molecular complexity index is 937. The molecule has 6 heteroatoms. The monoisotopic (exact) mass is 416 g/mol. The Kier molecular flexibility index (Phi) is 7.85. The first kappa shape index (κ1) is 22.9. The Morgan fingerprint density at radius 1 is 1.07 bits per heavy atom. The number of benzene rings is 2. The Morgan fingerprint density at radius 2 is 1.72 bits per heavy atom. The number of rotatable bonds is 9. The highest BCUT2D eigenvalue weighted by atomic mass is 32.2. The van der Waals surface area contributed by atoms with Crippen LogP contribution in [0.1, 0.15) is 49.8 Å². The van der Waals surface area contributed by atoms with Crippen LogP contribution in [-0.4, -0.2) is 26.6 Å². The third kappa shape index (κ3) is 6.07. The molecule has 1 unspecified atom stereocenters. The van der Waals surface area contributed by atoms with E-state index in [0.717, 1.165) is 36.6 Å². The SMILES string of the molecule is CCCCc1ccc(NC(=O)C(CC)N(c2cc(C)ccc2C)S(C)(=O)=O)cc1. The maximum Gasteiger partial charge on any atom is 0.248 e. The first-order chi connectivity index (χ1) is 13.7. The number of carbonyl (C=O) groups is 1. The number of aryl methyl sites for hydroxylation is 3. The van der Waals surface area contributed by atoms with Gasteiger partial charge in [-0.2, -0.15) is 0 Å². The van der Waals surface area contributed by atoms with Crippen molar-refractivity contribution in [1.82, 2.24) is 0 Å². The number of carbonyl (C=O) groups excluding carboxylic acids is 1.